The van der Waals surface area contributed by atoms with Crippen molar-refractivity contribution in [3.05, 3.63) is 53.3 Å². The zero-order chi connectivity index (χ0) is 19.5. The lowest BCUT2D eigenvalue weighted by molar-refractivity contribution is -0.120. The molecule has 0 aliphatic heterocycles. The molecule has 1 aromatic rings. The molecule has 0 aromatic heterocycles. The Balaban J connectivity index is 1.64. The van der Waals surface area contributed by atoms with Gasteiger partial charge in [-0.1, -0.05) is 69.0 Å². The second-order valence-electron chi connectivity index (χ2n) is 8.88. The van der Waals surface area contributed by atoms with Crippen molar-refractivity contribution in [2.45, 2.75) is 64.7 Å². The van der Waals surface area contributed by atoms with Crippen LogP contribution in [0.1, 0.15) is 70.3 Å². The standard InChI is InChI=1S/C26H34O2/c1-3-4-5-6-7-11-14-21(18-12-9-8-10-13-18)24-25(27)22-19-15-16-20(17-19)23(22)26(24)28-2/h8-10,12-14,19-20,22-23H,3-7,11,15-17H2,1-2H3/b21-14+. The molecule has 2 nitrogen and oxygen atoms in total. The average Bonchev–Trinajstić information content (AvgIpc) is 3.41. The fourth-order valence-electron chi connectivity index (χ4n) is 5.98. The van der Waals surface area contributed by atoms with E-state index in [1.54, 1.807) is 7.11 Å². The van der Waals surface area contributed by atoms with Crippen LogP contribution in [0.2, 0.25) is 0 Å². The summed E-state index contributed by atoms with van der Waals surface area (Å²) in [5.41, 5.74) is 3.17. The number of benzene rings is 1. The molecule has 2 bridgehead atoms. The lowest BCUT2D eigenvalue weighted by atomic mass is 9.80. The van der Waals surface area contributed by atoms with E-state index in [0.717, 1.165) is 28.9 Å². The molecule has 0 heterocycles. The number of hydrogen-bond donors (Lipinski definition) is 0. The number of ether oxygens (including phenoxy) is 1. The van der Waals surface area contributed by atoms with Gasteiger partial charge in [-0.3, -0.25) is 4.79 Å². The van der Waals surface area contributed by atoms with Gasteiger partial charge in [0.05, 0.1) is 12.7 Å². The SMILES string of the molecule is CCCCCCC/C=C(/C1=C(OC)C2C3CCC(C3)C2C1=O)c1ccccc1. The normalized spacial score (nSPS) is 28.9. The van der Waals surface area contributed by atoms with Crippen LogP contribution in [0.5, 0.6) is 0 Å². The van der Waals surface area contributed by atoms with Crippen LogP contribution >= 0.6 is 0 Å². The largest absolute Gasteiger partial charge is 0.500 e. The third-order valence-electron chi connectivity index (χ3n) is 7.24. The molecule has 0 spiro atoms. The van der Waals surface area contributed by atoms with Gasteiger partial charge < -0.3 is 4.74 Å². The maximum atomic E-state index is 13.6. The van der Waals surface area contributed by atoms with E-state index in [4.69, 9.17) is 4.74 Å². The quantitative estimate of drug-likeness (QED) is 0.454. The number of carbonyl (C=O) groups excluding carboxylic acids is 1. The summed E-state index contributed by atoms with van der Waals surface area (Å²) >= 11 is 0. The van der Waals surface area contributed by atoms with E-state index in [9.17, 15) is 4.79 Å². The zero-order valence-electron chi connectivity index (χ0n) is 17.5. The Morgan fingerprint density at radius 2 is 1.75 bits per heavy atom. The van der Waals surface area contributed by atoms with Gasteiger partial charge in [0.25, 0.3) is 0 Å². The van der Waals surface area contributed by atoms with Crippen molar-refractivity contribution in [3.8, 4) is 0 Å². The number of Topliss-reactive ketones (excluding diaryl/α,β-unsaturated/α-hetero) is 1. The second kappa shape index (κ2) is 8.68. The fraction of sp³-hybridized carbons (Fsp3) is 0.577. The van der Waals surface area contributed by atoms with Crippen LogP contribution in [0.3, 0.4) is 0 Å². The topological polar surface area (TPSA) is 26.3 Å². The zero-order valence-corrected chi connectivity index (χ0v) is 17.5. The smallest absolute Gasteiger partial charge is 0.170 e. The molecule has 0 saturated heterocycles. The lowest BCUT2D eigenvalue weighted by Gasteiger charge is -2.24. The molecule has 4 atom stereocenters. The first-order chi connectivity index (χ1) is 13.8. The van der Waals surface area contributed by atoms with Crippen LogP contribution in [0.25, 0.3) is 5.57 Å². The molecule has 2 fully saturated rings. The number of fused-ring (bicyclic) bond motifs is 5. The van der Waals surface area contributed by atoms with Gasteiger partial charge in [0, 0.05) is 11.8 Å². The van der Waals surface area contributed by atoms with E-state index in [1.165, 1.54) is 51.4 Å². The molecular weight excluding hydrogens is 344 g/mol. The molecule has 4 rings (SSSR count). The second-order valence-corrected chi connectivity index (χ2v) is 8.88. The van der Waals surface area contributed by atoms with Gasteiger partial charge in [0.1, 0.15) is 5.76 Å². The molecule has 0 radical (unpaired) electrons. The van der Waals surface area contributed by atoms with E-state index >= 15 is 0 Å². The molecule has 4 unspecified atom stereocenters. The first-order valence-electron chi connectivity index (χ1n) is 11.3. The Labute approximate surface area is 170 Å². The Hall–Kier alpha value is -1.83. The van der Waals surface area contributed by atoms with E-state index in [2.05, 4.69) is 37.3 Å². The van der Waals surface area contributed by atoms with Crippen molar-refractivity contribution in [3.63, 3.8) is 0 Å². The molecule has 3 aliphatic carbocycles. The summed E-state index contributed by atoms with van der Waals surface area (Å²) in [6.45, 7) is 2.25. The number of rotatable bonds is 9. The molecular formula is C26H34O2. The Morgan fingerprint density at radius 1 is 1.04 bits per heavy atom. The minimum absolute atomic E-state index is 0.181. The Bertz CT molecular complexity index is 758. The Kier molecular flexibility index (Phi) is 6.04. The molecule has 28 heavy (non-hydrogen) atoms. The van der Waals surface area contributed by atoms with Crippen molar-refractivity contribution in [2.75, 3.05) is 7.11 Å². The predicted octanol–water partition coefficient (Wildman–Crippen LogP) is 6.58. The number of methoxy groups -OCH3 is 1. The predicted molar refractivity (Wildman–Crippen MR) is 115 cm³/mol. The summed E-state index contributed by atoms with van der Waals surface area (Å²) < 4.78 is 5.94. The maximum Gasteiger partial charge on any atom is 0.170 e. The molecule has 0 amide bonds. The first kappa shape index (κ1) is 19.5. The summed E-state index contributed by atoms with van der Waals surface area (Å²) in [5.74, 6) is 3.09. The third-order valence-corrected chi connectivity index (χ3v) is 7.24. The van der Waals surface area contributed by atoms with Crippen LogP contribution in [-0.4, -0.2) is 12.9 Å². The highest BCUT2D eigenvalue weighted by Gasteiger charge is 2.58. The highest BCUT2D eigenvalue weighted by Crippen LogP contribution is 2.60. The minimum Gasteiger partial charge on any atom is -0.500 e. The fourth-order valence-corrected chi connectivity index (χ4v) is 5.98. The minimum atomic E-state index is 0.181. The van der Waals surface area contributed by atoms with Crippen LogP contribution in [0, 0.1) is 23.7 Å². The van der Waals surface area contributed by atoms with Crippen LogP contribution < -0.4 is 0 Å². The van der Waals surface area contributed by atoms with E-state index < -0.39 is 0 Å². The van der Waals surface area contributed by atoms with Gasteiger partial charge in [0.2, 0.25) is 0 Å². The van der Waals surface area contributed by atoms with E-state index in [-0.39, 0.29) is 5.92 Å². The van der Waals surface area contributed by atoms with Gasteiger partial charge in [-0.15, -0.1) is 0 Å². The number of unbranched alkanes of at least 4 members (excludes halogenated alkanes) is 5. The molecule has 2 saturated carbocycles. The molecule has 2 heteroatoms. The van der Waals surface area contributed by atoms with E-state index in [1.807, 2.05) is 6.07 Å². The Morgan fingerprint density at radius 3 is 2.46 bits per heavy atom. The van der Waals surface area contributed by atoms with Crippen molar-refractivity contribution in [1.29, 1.82) is 0 Å². The molecule has 3 aliphatic rings. The molecule has 1 aromatic carbocycles. The van der Waals surface area contributed by atoms with E-state index in [0.29, 0.717) is 23.5 Å². The molecule has 150 valence electrons. The molecule has 0 N–H and O–H groups in total. The van der Waals surface area contributed by atoms with Crippen LogP contribution in [0.15, 0.2) is 47.7 Å². The van der Waals surface area contributed by atoms with Crippen molar-refractivity contribution < 1.29 is 9.53 Å². The summed E-state index contributed by atoms with van der Waals surface area (Å²) in [6, 6.07) is 10.5. The number of ketones is 1. The number of allylic oxidation sites excluding steroid dienone is 4. The van der Waals surface area contributed by atoms with Gasteiger partial charge in [-0.05, 0) is 55.1 Å². The van der Waals surface area contributed by atoms with Gasteiger partial charge in [0.15, 0.2) is 5.78 Å². The summed E-state index contributed by atoms with van der Waals surface area (Å²) in [6.07, 6.45) is 13.4. The first-order valence-corrected chi connectivity index (χ1v) is 11.3. The lowest BCUT2D eigenvalue weighted by Crippen LogP contribution is -2.25. The van der Waals surface area contributed by atoms with Crippen LogP contribution in [0.4, 0.5) is 0 Å². The van der Waals surface area contributed by atoms with Crippen molar-refractivity contribution >= 4 is 11.4 Å². The van der Waals surface area contributed by atoms with Crippen molar-refractivity contribution in [1.82, 2.24) is 0 Å². The highest BCUT2D eigenvalue weighted by atomic mass is 16.5. The third kappa shape index (κ3) is 3.47. The number of carbonyl (C=O) groups is 1. The maximum absolute atomic E-state index is 13.6. The summed E-state index contributed by atoms with van der Waals surface area (Å²) in [5, 5.41) is 0. The monoisotopic (exact) mass is 378 g/mol. The van der Waals surface area contributed by atoms with Gasteiger partial charge in [-0.2, -0.15) is 0 Å². The van der Waals surface area contributed by atoms with Crippen LogP contribution in [-0.2, 0) is 9.53 Å². The van der Waals surface area contributed by atoms with Crippen molar-refractivity contribution in [2.24, 2.45) is 23.7 Å². The van der Waals surface area contributed by atoms with Gasteiger partial charge >= 0.3 is 0 Å². The summed E-state index contributed by atoms with van der Waals surface area (Å²) in [7, 11) is 1.77. The number of hydrogen-bond acceptors (Lipinski definition) is 2. The summed E-state index contributed by atoms with van der Waals surface area (Å²) in [4.78, 5) is 13.6. The average molecular weight is 379 g/mol. The highest BCUT2D eigenvalue weighted by molar-refractivity contribution is 6.14. The van der Waals surface area contributed by atoms with Gasteiger partial charge in [-0.25, -0.2) is 0 Å².